The molecule has 1 saturated heterocycles. The van der Waals surface area contributed by atoms with E-state index in [1.54, 1.807) is 51.4 Å². The van der Waals surface area contributed by atoms with Crippen LogP contribution >= 0.6 is 11.3 Å². The standard InChI is InChI=1S/C29H30FN5O5S/c1-28(2,3)35(27(38)39)10-8-20(15-29(35,4)25(36)37)40-23-14-22-17(12-21(23)24-31-9-11-41-24)16-32-26(34-22)33-19-7-5-6-18(30)13-19/h5-7,9,11-14,16,20H,8,10,15H2,1-4H3,(H2-,31,32,33,34,36,37,38,39)/p+1. The first-order chi connectivity index (χ1) is 19.3. The second-order valence-electron chi connectivity index (χ2n) is 11.4. The maximum absolute atomic E-state index is 13.7. The molecular formula is C29H31FN5O5S+. The van der Waals surface area contributed by atoms with Crippen LogP contribution in [-0.4, -0.2) is 65.4 Å². The molecule has 5 rings (SSSR count). The van der Waals surface area contributed by atoms with Crippen LogP contribution in [0.2, 0.25) is 0 Å². The lowest BCUT2D eigenvalue weighted by atomic mass is 9.79. The van der Waals surface area contributed by atoms with Gasteiger partial charge in [-0.25, -0.2) is 28.6 Å². The molecule has 41 heavy (non-hydrogen) atoms. The molecule has 3 heterocycles. The number of rotatable bonds is 6. The molecule has 10 nitrogen and oxygen atoms in total. The Labute approximate surface area is 240 Å². The first kappa shape index (κ1) is 28.4. The van der Waals surface area contributed by atoms with Crippen molar-refractivity contribution in [2.75, 3.05) is 11.9 Å². The van der Waals surface area contributed by atoms with Crippen LogP contribution in [0.5, 0.6) is 5.75 Å². The van der Waals surface area contributed by atoms with Gasteiger partial charge in [-0.05, 0) is 45.0 Å². The van der Waals surface area contributed by atoms with Crippen molar-refractivity contribution >= 4 is 45.9 Å². The third kappa shape index (κ3) is 4.97. The Morgan fingerprint density at radius 1 is 1.20 bits per heavy atom. The molecule has 2 aromatic heterocycles. The maximum Gasteiger partial charge on any atom is 0.514 e. The molecule has 0 saturated carbocycles. The predicted molar refractivity (Wildman–Crippen MR) is 153 cm³/mol. The molecule has 3 N–H and O–H groups in total. The number of piperidine rings is 1. The van der Waals surface area contributed by atoms with E-state index in [2.05, 4.69) is 20.3 Å². The van der Waals surface area contributed by atoms with Gasteiger partial charge in [-0.2, -0.15) is 4.79 Å². The topological polar surface area (TPSA) is 135 Å². The molecule has 0 bridgehead atoms. The molecule has 1 aliphatic heterocycles. The largest absolute Gasteiger partial charge is 0.514 e. The van der Waals surface area contributed by atoms with Crippen molar-refractivity contribution in [3.63, 3.8) is 0 Å². The summed E-state index contributed by atoms with van der Waals surface area (Å²) in [5.74, 6) is -0.868. The number of likely N-dealkylation sites (tertiary alicyclic amines) is 1. The van der Waals surface area contributed by atoms with Crippen LogP contribution < -0.4 is 10.1 Å². The van der Waals surface area contributed by atoms with Crippen molar-refractivity contribution < 1.29 is 33.4 Å². The van der Waals surface area contributed by atoms with Gasteiger partial charge in [0.15, 0.2) is 0 Å². The second-order valence-corrected chi connectivity index (χ2v) is 12.3. The first-order valence-electron chi connectivity index (χ1n) is 13.1. The minimum atomic E-state index is -1.64. The Kier molecular flexibility index (Phi) is 7.16. The molecule has 2 aromatic carbocycles. The van der Waals surface area contributed by atoms with Gasteiger partial charge in [-0.3, -0.25) is 0 Å². The number of hydrogen-bond donors (Lipinski definition) is 3. The van der Waals surface area contributed by atoms with E-state index in [9.17, 15) is 24.2 Å². The van der Waals surface area contributed by atoms with Crippen molar-refractivity contribution in [2.45, 2.75) is 57.7 Å². The minimum Gasteiger partial charge on any atom is -0.489 e. The van der Waals surface area contributed by atoms with Crippen LogP contribution in [0.3, 0.4) is 0 Å². The van der Waals surface area contributed by atoms with E-state index in [0.717, 1.165) is 5.39 Å². The number of nitrogens with one attached hydrogen (secondary N) is 1. The Morgan fingerprint density at radius 3 is 2.61 bits per heavy atom. The summed E-state index contributed by atoms with van der Waals surface area (Å²) >= 11 is 1.42. The number of quaternary nitrogens is 1. The fourth-order valence-corrected chi connectivity index (χ4v) is 6.58. The molecule has 12 heteroatoms. The van der Waals surface area contributed by atoms with E-state index in [-0.39, 0.29) is 18.9 Å². The van der Waals surface area contributed by atoms with Gasteiger partial charge in [0.25, 0.3) is 0 Å². The number of nitrogens with zero attached hydrogens (tertiary/aromatic N) is 4. The molecule has 214 valence electrons. The summed E-state index contributed by atoms with van der Waals surface area (Å²) in [4.78, 5) is 38.8. The summed E-state index contributed by atoms with van der Waals surface area (Å²) in [7, 11) is 0. The lowest BCUT2D eigenvalue weighted by molar-refractivity contribution is -0.946. The highest BCUT2D eigenvalue weighted by atomic mass is 32.1. The monoisotopic (exact) mass is 580 g/mol. The van der Waals surface area contributed by atoms with Gasteiger partial charge in [0, 0.05) is 48.3 Å². The number of amides is 1. The number of aliphatic carboxylic acids is 1. The lowest BCUT2D eigenvalue weighted by Gasteiger charge is -2.55. The van der Waals surface area contributed by atoms with Crippen molar-refractivity contribution in [1.29, 1.82) is 0 Å². The zero-order valence-corrected chi connectivity index (χ0v) is 23.9. The summed E-state index contributed by atoms with van der Waals surface area (Å²) in [6, 6.07) is 9.58. The van der Waals surface area contributed by atoms with Crippen LogP contribution in [0.1, 0.15) is 40.5 Å². The first-order valence-corrected chi connectivity index (χ1v) is 14.0. The zero-order valence-electron chi connectivity index (χ0n) is 23.1. The summed E-state index contributed by atoms with van der Waals surface area (Å²) < 4.78 is 19.5. The zero-order chi connectivity index (χ0) is 29.6. The molecule has 1 fully saturated rings. The van der Waals surface area contributed by atoms with E-state index in [0.29, 0.717) is 33.9 Å². The fourth-order valence-electron chi connectivity index (χ4n) is 5.92. The van der Waals surface area contributed by atoms with Gasteiger partial charge in [0.05, 0.1) is 24.0 Å². The van der Waals surface area contributed by atoms with Crippen LogP contribution in [-0.2, 0) is 4.79 Å². The number of anilines is 2. The van der Waals surface area contributed by atoms with Gasteiger partial charge >= 0.3 is 12.1 Å². The molecule has 1 amide bonds. The molecule has 3 atom stereocenters. The number of carboxylic acids is 1. The van der Waals surface area contributed by atoms with Gasteiger partial charge in [0.1, 0.15) is 28.2 Å². The quantitative estimate of drug-likeness (QED) is 0.224. The number of benzene rings is 2. The number of halogens is 1. The Morgan fingerprint density at radius 2 is 1.98 bits per heavy atom. The number of carboxylic acid groups (broad SMARTS) is 2. The minimum absolute atomic E-state index is 0.0165. The summed E-state index contributed by atoms with van der Waals surface area (Å²) in [6.07, 6.45) is 1.89. The summed E-state index contributed by atoms with van der Waals surface area (Å²) in [5, 5.41) is 27.0. The molecule has 0 spiro atoms. The molecule has 4 aromatic rings. The average Bonchev–Trinajstić information content (AvgIpc) is 3.42. The molecule has 0 aliphatic carbocycles. The van der Waals surface area contributed by atoms with Crippen LogP contribution in [0.15, 0.2) is 54.2 Å². The third-order valence-electron chi connectivity index (χ3n) is 7.90. The van der Waals surface area contributed by atoms with Gasteiger partial charge in [0.2, 0.25) is 11.5 Å². The van der Waals surface area contributed by atoms with E-state index < -0.39 is 39.5 Å². The van der Waals surface area contributed by atoms with Crippen LogP contribution in [0.25, 0.3) is 21.5 Å². The number of thiazole rings is 1. The van der Waals surface area contributed by atoms with Crippen molar-refractivity contribution in [3.8, 4) is 16.3 Å². The SMILES string of the molecule is CC(C)(C)[N+]1(C(=O)O)CCC(Oc2cc3nc(Nc4cccc(F)c4)ncc3cc2-c2nccs2)CC1(C)C(=O)O. The number of hydrogen-bond acceptors (Lipinski definition) is 8. The van der Waals surface area contributed by atoms with Gasteiger partial charge in [-0.1, -0.05) is 6.07 Å². The normalized spacial score (nSPS) is 22.8. The highest BCUT2D eigenvalue weighted by molar-refractivity contribution is 7.13. The van der Waals surface area contributed by atoms with Crippen LogP contribution in [0.4, 0.5) is 20.8 Å². The Balaban J connectivity index is 1.53. The van der Waals surface area contributed by atoms with E-state index in [4.69, 9.17) is 4.74 Å². The van der Waals surface area contributed by atoms with Crippen LogP contribution in [0, 0.1) is 5.82 Å². The second kappa shape index (κ2) is 10.3. The van der Waals surface area contributed by atoms with Crippen molar-refractivity contribution in [2.24, 2.45) is 0 Å². The van der Waals surface area contributed by atoms with E-state index in [1.807, 2.05) is 11.4 Å². The number of fused-ring (bicyclic) bond motifs is 1. The molecule has 0 radical (unpaired) electrons. The number of ether oxygens (including phenoxy) is 1. The lowest BCUT2D eigenvalue weighted by Crippen LogP contribution is -2.79. The van der Waals surface area contributed by atoms with E-state index in [1.165, 1.54) is 30.4 Å². The average molecular weight is 581 g/mol. The van der Waals surface area contributed by atoms with Gasteiger partial charge < -0.3 is 20.3 Å². The van der Waals surface area contributed by atoms with Gasteiger partial charge in [-0.15, -0.1) is 11.3 Å². The predicted octanol–water partition coefficient (Wildman–Crippen LogP) is 6.31. The summed E-state index contributed by atoms with van der Waals surface area (Å²) in [6.45, 7) is 6.83. The fraction of sp³-hybridized carbons (Fsp3) is 0.345. The molecule has 1 aliphatic rings. The highest BCUT2D eigenvalue weighted by Gasteiger charge is 2.67. The highest BCUT2D eigenvalue weighted by Crippen LogP contribution is 2.45. The van der Waals surface area contributed by atoms with Crippen molar-refractivity contribution in [3.05, 3.63) is 60.0 Å². The van der Waals surface area contributed by atoms with Crippen molar-refractivity contribution in [1.82, 2.24) is 15.0 Å². The Bertz CT molecular complexity index is 1630. The third-order valence-corrected chi connectivity index (χ3v) is 8.71. The molecular weight excluding hydrogens is 549 g/mol. The Hall–Kier alpha value is -4.16. The molecule has 3 unspecified atom stereocenters. The maximum atomic E-state index is 13.7. The smallest absolute Gasteiger partial charge is 0.489 e. The summed E-state index contributed by atoms with van der Waals surface area (Å²) in [5.41, 5.74) is -0.777. The number of carbonyl (C=O) groups is 2. The van der Waals surface area contributed by atoms with E-state index >= 15 is 0 Å². The number of aromatic nitrogens is 3.